The van der Waals surface area contributed by atoms with Gasteiger partial charge in [-0.05, 0) is 68.1 Å². The highest BCUT2D eigenvalue weighted by molar-refractivity contribution is 6.18. The minimum atomic E-state index is 0.293. The van der Waals surface area contributed by atoms with Crippen molar-refractivity contribution in [1.82, 2.24) is 4.90 Å². The lowest BCUT2D eigenvalue weighted by Crippen LogP contribution is -2.53. The maximum Gasteiger partial charge on any atom is 0.226 e. The molecule has 2 unspecified atom stereocenters. The van der Waals surface area contributed by atoms with Gasteiger partial charge in [-0.3, -0.25) is 4.79 Å². The topological polar surface area (TPSA) is 20.3 Å². The molecular formula is C17H26ClNO. The van der Waals surface area contributed by atoms with Gasteiger partial charge >= 0.3 is 0 Å². The quantitative estimate of drug-likeness (QED) is 0.714. The Morgan fingerprint density at radius 3 is 2.25 bits per heavy atom. The van der Waals surface area contributed by atoms with Crippen LogP contribution >= 0.6 is 11.6 Å². The van der Waals surface area contributed by atoms with E-state index >= 15 is 0 Å². The third-order valence-electron chi connectivity index (χ3n) is 6.84. The van der Waals surface area contributed by atoms with Crippen LogP contribution in [0.1, 0.15) is 45.4 Å². The molecule has 0 aromatic carbocycles. The highest BCUT2D eigenvalue weighted by atomic mass is 35.5. The Bertz CT molecular complexity index is 382. The van der Waals surface area contributed by atoms with Gasteiger partial charge in [0.05, 0.1) is 0 Å². The predicted octanol–water partition coefficient (Wildman–Crippen LogP) is 3.53. The molecule has 0 spiro atoms. The van der Waals surface area contributed by atoms with Gasteiger partial charge < -0.3 is 4.90 Å². The van der Waals surface area contributed by atoms with E-state index < -0.39 is 0 Å². The van der Waals surface area contributed by atoms with Crippen molar-refractivity contribution in [2.45, 2.75) is 51.5 Å². The van der Waals surface area contributed by atoms with Gasteiger partial charge in [-0.1, -0.05) is 6.92 Å². The summed E-state index contributed by atoms with van der Waals surface area (Å²) in [5.41, 5.74) is 0. The Balaban J connectivity index is 1.54. The molecular weight excluding hydrogens is 270 g/mol. The number of alkyl halides is 1. The normalized spacial score (nSPS) is 49.9. The van der Waals surface area contributed by atoms with Crippen LogP contribution in [0, 0.1) is 35.5 Å². The van der Waals surface area contributed by atoms with Crippen molar-refractivity contribution in [3.05, 3.63) is 0 Å². The Morgan fingerprint density at radius 2 is 1.70 bits per heavy atom. The van der Waals surface area contributed by atoms with Crippen LogP contribution in [0.25, 0.3) is 0 Å². The average Bonchev–Trinajstić information content (AvgIpc) is 2.78. The van der Waals surface area contributed by atoms with Crippen molar-refractivity contribution in [3.8, 4) is 0 Å². The second-order valence-corrected chi connectivity index (χ2v) is 8.28. The number of hydrogen-bond acceptors (Lipinski definition) is 1. The van der Waals surface area contributed by atoms with Gasteiger partial charge in [-0.2, -0.15) is 0 Å². The molecule has 1 saturated heterocycles. The molecule has 2 atom stereocenters. The molecule has 5 aliphatic rings. The average molecular weight is 296 g/mol. The van der Waals surface area contributed by atoms with Crippen molar-refractivity contribution in [2.75, 3.05) is 12.4 Å². The molecule has 112 valence electrons. The van der Waals surface area contributed by atoms with E-state index in [0.29, 0.717) is 41.5 Å². The molecule has 0 aromatic rings. The van der Waals surface area contributed by atoms with Gasteiger partial charge in [0.1, 0.15) is 0 Å². The number of hydrogen-bond donors (Lipinski definition) is 0. The summed E-state index contributed by atoms with van der Waals surface area (Å²) >= 11 is 6.14. The summed E-state index contributed by atoms with van der Waals surface area (Å²) in [6.45, 7) is 3.19. The van der Waals surface area contributed by atoms with Gasteiger partial charge in [0.2, 0.25) is 5.91 Å². The highest BCUT2D eigenvalue weighted by Crippen LogP contribution is 2.57. The van der Waals surface area contributed by atoms with Gasteiger partial charge in [-0.25, -0.2) is 0 Å². The molecule has 2 nitrogen and oxygen atoms in total. The van der Waals surface area contributed by atoms with Crippen LogP contribution in [0.4, 0.5) is 0 Å². The molecule has 20 heavy (non-hydrogen) atoms. The van der Waals surface area contributed by atoms with Crippen LogP contribution in [0.3, 0.4) is 0 Å². The monoisotopic (exact) mass is 295 g/mol. The molecule has 1 amide bonds. The second-order valence-electron chi connectivity index (χ2n) is 7.98. The fraction of sp³-hybridized carbons (Fsp3) is 0.941. The van der Waals surface area contributed by atoms with E-state index in [9.17, 15) is 4.79 Å². The van der Waals surface area contributed by atoms with E-state index in [1.54, 1.807) is 0 Å². The third kappa shape index (κ3) is 1.94. The zero-order valence-electron chi connectivity index (χ0n) is 12.4. The summed E-state index contributed by atoms with van der Waals surface area (Å²) in [6, 6.07) is 0.293. The molecule has 5 fully saturated rings. The number of amides is 1. The Labute approximate surface area is 127 Å². The maximum atomic E-state index is 13.1. The molecule has 0 N–H and O–H groups in total. The number of halogens is 1. The standard InChI is InChI=1S/C17H26ClNO/c1-10-2-3-19(15(10)9-18)17(20)16-13-5-11-4-12(7-13)8-14(16)6-11/h10-16H,2-9H2,1H3. The van der Waals surface area contributed by atoms with E-state index in [1.807, 2.05) is 0 Å². The zero-order valence-corrected chi connectivity index (χ0v) is 13.2. The fourth-order valence-electron chi connectivity index (χ4n) is 6.04. The summed E-state index contributed by atoms with van der Waals surface area (Å²) in [4.78, 5) is 15.3. The minimum Gasteiger partial charge on any atom is -0.338 e. The van der Waals surface area contributed by atoms with Crippen LogP contribution in [0.2, 0.25) is 0 Å². The predicted molar refractivity (Wildman–Crippen MR) is 80.5 cm³/mol. The lowest BCUT2D eigenvalue weighted by molar-refractivity contribution is -0.149. The number of rotatable bonds is 2. The second kappa shape index (κ2) is 4.90. The molecule has 1 heterocycles. The van der Waals surface area contributed by atoms with Gasteiger partial charge in [0.15, 0.2) is 0 Å². The van der Waals surface area contributed by atoms with Crippen molar-refractivity contribution >= 4 is 17.5 Å². The molecule has 4 bridgehead atoms. The molecule has 0 aromatic heterocycles. The fourth-order valence-corrected chi connectivity index (χ4v) is 6.51. The van der Waals surface area contributed by atoms with Crippen LogP contribution in [-0.2, 0) is 4.79 Å². The number of carbonyl (C=O) groups excluding carboxylic acids is 1. The first-order valence-corrected chi connectivity index (χ1v) is 9.07. The van der Waals surface area contributed by atoms with Gasteiger partial charge in [-0.15, -0.1) is 11.6 Å². The first-order valence-electron chi connectivity index (χ1n) is 8.53. The molecule has 3 heteroatoms. The van der Waals surface area contributed by atoms with Crippen LogP contribution in [0.15, 0.2) is 0 Å². The van der Waals surface area contributed by atoms with E-state index in [0.717, 1.165) is 24.8 Å². The largest absolute Gasteiger partial charge is 0.338 e. The molecule has 4 aliphatic carbocycles. The third-order valence-corrected chi connectivity index (χ3v) is 7.15. The maximum absolute atomic E-state index is 13.1. The first kappa shape index (κ1) is 13.4. The smallest absolute Gasteiger partial charge is 0.226 e. The summed E-state index contributed by atoms with van der Waals surface area (Å²) in [5, 5.41) is 0. The molecule has 0 radical (unpaired) electrons. The Morgan fingerprint density at radius 1 is 1.10 bits per heavy atom. The lowest BCUT2D eigenvalue weighted by atomic mass is 9.51. The number of carbonyl (C=O) groups is 1. The lowest BCUT2D eigenvalue weighted by Gasteiger charge is -2.54. The number of nitrogens with zero attached hydrogens (tertiary/aromatic N) is 1. The van der Waals surface area contributed by atoms with Crippen LogP contribution in [-0.4, -0.2) is 29.3 Å². The van der Waals surface area contributed by atoms with E-state index in [2.05, 4.69) is 11.8 Å². The molecule has 4 saturated carbocycles. The van der Waals surface area contributed by atoms with E-state index in [-0.39, 0.29) is 0 Å². The van der Waals surface area contributed by atoms with Gasteiger partial charge in [0.25, 0.3) is 0 Å². The van der Waals surface area contributed by atoms with Crippen molar-refractivity contribution in [3.63, 3.8) is 0 Å². The Hall–Kier alpha value is -0.240. The van der Waals surface area contributed by atoms with Crippen LogP contribution in [0.5, 0.6) is 0 Å². The Kier molecular flexibility index (Phi) is 3.29. The van der Waals surface area contributed by atoms with Crippen molar-refractivity contribution < 1.29 is 4.79 Å². The molecule has 1 aliphatic heterocycles. The first-order chi connectivity index (χ1) is 9.67. The summed E-state index contributed by atoms with van der Waals surface area (Å²) in [6.07, 6.45) is 7.92. The summed E-state index contributed by atoms with van der Waals surface area (Å²) < 4.78 is 0. The highest BCUT2D eigenvalue weighted by Gasteiger charge is 2.52. The van der Waals surface area contributed by atoms with Crippen LogP contribution < -0.4 is 0 Å². The van der Waals surface area contributed by atoms with Crippen molar-refractivity contribution in [2.24, 2.45) is 35.5 Å². The van der Waals surface area contributed by atoms with Crippen molar-refractivity contribution in [1.29, 1.82) is 0 Å². The minimum absolute atomic E-state index is 0.293. The molecule has 5 rings (SSSR count). The SMILES string of the molecule is CC1CCN(C(=O)C2C3CC4CC(C3)CC2C4)C1CCl. The zero-order chi connectivity index (χ0) is 13.9. The number of likely N-dealkylation sites (tertiary alicyclic amines) is 1. The summed E-state index contributed by atoms with van der Waals surface area (Å²) in [5.74, 6) is 5.29. The summed E-state index contributed by atoms with van der Waals surface area (Å²) in [7, 11) is 0. The van der Waals surface area contributed by atoms with E-state index in [4.69, 9.17) is 11.6 Å². The van der Waals surface area contributed by atoms with Gasteiger partial charge in [0, 0.05) is 24.4 Å². The van der Waals surface area contributed by atoms with E-state index in [1.165, 1.54) is 32.1 Å².